The number of thiazole rings is 2. The third kappa shape index (κ3) is 9.72. The van der Waals surface area contributed by atoms with Crippen molar-refractivity contribution < 1.29 is 14.3 Å². The van der Waals surface area contributed by atoms with Crippen molar-refractivity contribution in [2.24, 2.45) is 0 Å². The van der Waals surface area contributed by atoms with Gasteiger partial charge >= 0.3 is 6.09 Å². The summed E-state index contributed by atoms with van der Waals surface area (Å²) < 4.78 is 5.44. The molecular formula is C29H32N4O3S2. The van der Waals surface area contributed by atoms with E-state index in [1.165, 1.54) is 11.3 Å². The smallest absolute Gasteiger partial charge is 0.407 e. The average molecular weight is 549 g/mol. The van der Waals surface area contributed by atoms with E-state index in [1.54, 1.807) is 28.6 Å². The van der Waals surface area contributed by atoms with Crippen LogP contribution in [0.3, 0.4) is 0 Å². The van der Waals surface area contributed by atoms with E-state index in [1.807, 2.05) is 42.6 Å². The molecule has 0 spiro atoms. The van der Waals surface area contributed by atoms with E-state index >= 15 is 0 Å². The molecular weight excluding hydrogens is 516 g/mol. The zero-order chi connectivity index (χ0) is 26.4. The lowest BCUT2D eigenvalue weighted by atomic mass is 9.96. The van der Waals surface area contributed by atoms with Gasteiger partial charge in [0, 0.05) is 35.8 Å². The number of hydrogen-bond donors (Lipinski definition) is 2. The Morgan fingerprint density at radius 2 is 1.32 bits per heavy atom. The van der Waals surface area contributed by atoms with Gasteiger partial charge in [0.25, 0.3) is 0 Å². The number of ether oxygens (including phenoxy) is 1. The minimum absolute atomic E-state index is 0.0240. The van der Waals surface area contributed by atoms with Crippen LogP contribution in [0, 0.1) is 0 Å². The summed E-state index contributed by atoms with van der Waals surface area (Å²) in [6, 6.07) is 20.1. The highest BCUT2D eigenvalue weighted by atomic mass is 32.1. The highest BCUT2D eigenvalue weighted by Gasteiger charge is 2.19. The number of carbonyl (C=O) groups is 2. The van der Waals surface area contributed by atoms with Crippen LogP contribution in [0.4, 0.5) is 4.79 Å². The fourth-order valence-electron chi connectivity index (χ4n) is 4.21. The Morgan fingerprint density at radius 1 is 0.763 bits per heavy atom. The predicted octanol–water partition coefficient (Wildman–Crippen LogP) is 5.58. The van der Waals surface area contributed by atoms with Gasteiger partial charge in [0.15, 0.2) is 0 Å². The summed E-state index contributed by atoms with van der Waals surface area (Å²) >= 11 is 3.02. The lowest BCUT2D eigenvalue weighted by Gasteiger charge is -2.24. The maximum atomic E-state index is 12.8. The minimum Gasteiger partial charge on any atom is -0.444 e. The van der Waals surface area contributed by atoms with Crippen LogP contribution >= 0.6 is 22.7 Å². The van der Waals surface area contributed by atoms with E-state index in [0.29, 0.717) is 32.1 Å². The van der Waals surface area contributed by atoms with Gasteiger partial charge in [-0.05, 0) is 43.2 Å². The second-order valence-corrected chi connectivity index (χ2v) is 11.0. The van der Waals surface area contributed by atoms with Crippen molar-refractivity contribution in [1.82, 2.24) is 20.6 Å². The number of alkyl carbamates (subject to hydrolysis) is 1. The van der Waals surface area contributed by atoms with Gasteiger partial charge in [-0.3, -0.25) is 14.8 Å². The summed E-state index contributed by atoms with van der Waals surface area (Å²) in [4.78, 5) is 35.6. The summed E-state index contributed by atoms with van der Waals surface area (Å²) in [6.07, 6.45) is 6.97. The van der Waals surface area contributed by atoms with E-state index in [4.69, 9.17) is 4.74 Å². The number of carbonyl (C=O) groups excluding carboxylic acids is 2. The molecule has 7 nitrogen and oxygen atoms in total. The first-order chi connectivity index (χ1) is 18.6. The molecule has 0 saturated carbocycles. The molecule has 38 heavy (non-hydrogen) atoms. The van der Waals surface area contributed by atoms with Gasteiger partial charge in [-0.1, -0.05) is 60.7 Å². The van der Waals surface area contributed by atoms with E-state index < -0.39 is 6.09 Å². The van der Waals surface area contributed by atoms with Crippen molar-refractivity contribution >= 4 is 34.7 Å². The highest BCUT2D eigenvalue weighted by Crippen LogP contribution is 2.15. The molecule has 4 rings (SSSR count). The lowest BCUT2D eigenvalue weighted by molar-refractivity contribution is -0.121. The zero-order valence-electron chi connectivity index (χ0n) is 21.1. The lowest BCUT2D eigenvalue weighted by Crippen LogP contribution is -2.41. The molecule has 0 fully saturated rings. The fourth-order valence-corrected chi connectivity index (χ4v) is 5.32. The molecule has 2 atom stereocenters. The molecule has 4 aromatic rings. The fraction of sp³-hybridized carbons (Fsp3) is 0.310. The Bertz CT molecular complexity index is 1120. The molecule has 0 aliphatic rings. The number of amides is 2. The maximum absolute atomic E-state index is 12.8. The van der Waals surface area contributed by atoms with Crippen LogP contribution in [0.25, 0.3) is 0 Å². The third-order valence-electron chi connectivity index (χ3n) is 6.11. The number of nitrogens with one attached hydrogen (secondary N) is 2. The Labute approximate surface area is 231 Å². The molecule has 0 aliphatic heterocycles. The average Bonchev–Trinajstić information content (AvgIpc) is 3.65. The number of aromatic nitrogens is 2. The monoisotopic (exact) mass is 548 g/mol. The van der Waals surface area contributed by atoms with Crippen molar-refractivity contribution in [3.8, 4) is 0 Å². The number of nitrogens with zero attached hydrogens (tertiary/aromatic N) is 2. The van der Waals surface area contributed by atoms with E-state index in [2.05, 4.69) is 44.9 Å². The van der Waals surface area contributed by atoms with Crippen LogP contribution < -0.4 is 10.6 Å². The minimum atomic E-state index is -0.451. The van der Waals surface area contributed by atoms with Gasteiger partial charge in [0.2, 0.25) is 5.91 Å². The molecule has 9 heteroatoms. The van der Waals surface area contributed by atoms with Gasteiger partial charge in [0.1, 0.15) is 6.61 Å². The van der Waals surface area contributed by atoms with Gasteiger partial charge in [-0.15, -0.1) is 22.7 Å². The van der Waals surface area contributed by atoms with E-state index in [9.17, 15) is 9.59 Å². The first-order valence-electron chi connectivity index (χ1n) is 12.7. The molecule has 2 aromatic carbocycles. The summed E-state index contributed by atoms with van der Waals surface area (Å²) in [5, 5.41) is 6.29. The second kappa shape index (κ2) is 15.0. The summed E-state index contributed by atoms with van der Waals surface area (Å²) in [6.45, 7) is 0.195. The van der Waals surface area contributed by atoms with Gasteiger partial charge in [-0.2, -0.15) is 0 Å². The molecule has 198 valence electrons. The number of aryl methyl sites for hydroxylation is 1. The third-order valence-corrected chi connectivity index (χ3v) is 7.70. The summed E-state index contributed by atoms with van der Waals surface area (Å²) in [7, 11) is 0. The molecule has 2 aromatic heterocycles. The molecule has 0 saturated heterocycles. The summed E-state index contributed by atoms with van der Waals surface area (Å²) in [5.41, 5.74) is 5.80. The molecule has 0 radical (unpaired) electrons. The largest absolute Gasteiger partial charge is 0.444 e. The quantitative estimate of drug-likeness (QED) is 0.215. The van der Waals surface area contributed by atoms with Gasteiger partial charge < -0.3 is 15.4 Å². The van der Waals surface area contributed by atoms with Crippen molar-refractivity contribution in [3.05, 3.63) is 105 Å². The van der Waals surface area contributed by atoms with Crippen molar-refractivity contribution in [2.45, 2.75) is 57.2 Å². The van der Waals surface area contributed by atoms with Crippen molar-refractivity contribution in [3.63, 3.8) is 0 Å². The van der Waals surface area contributed by atoms with Crippen LogP contribution in [0.15, 0.2) is 84.1 Å². The SMILES string of the molecule is O=C(CCc1cncs1)N[C@H](CC[C@H](Cc1ccccc1)NC(=O)OCc1cncs1)Cc1ccccc1. The van der Waals surface area contributed by atoms with Crippen LogP contribution in [0.1, 0.15) is 40.1 Å². The van der Waals surface area contributed by atoms with E-state index in [0.717, 1.165) is 27.3 Å². The first-order valence-corrected chi connectivity index (χ1v) is 14.4. The Kier molecular flexibility index (Phi) is 10.8. The second-order valence-electron chi connectivity index (χ2n) is 9.07. The topological polar surface area (TPSA) is 93.2 Å². The van der Waals surface area contributed by atoms with Crippen molar-refractivity contribution in [1.29, 1.82) is 0 Å². The predicted molar refractivity (Wildman–Crippen MR) is 151 cm³/mol. The Morgan fingerprint density at radius 3 is 1.87 bits per heavy atom. The van der Waals surface area contributed by atoms with Crippen LogP contribution in [-0.2, 0) is 35.4 Å². The highest BCUT2D eigenvalue weighted by molar-refractivity contribution is 7.09. The Balaban J connectivity index is 1.38. The molecule has 2 heterocycles. The number of benzene rings is 2. The standard InChI is InChI=1S/C29H32N4O3S2/c34-28(14-13-26-17-30-20-37-26)32-24(15-22-7-3-1-4-8-22)11-12-25(16-23-9-5-2-6-10-23)33-29(35)36-19-27-18-31-21-38-27/h1-10,17-18,20-21,24-25H,11-16,19H2,(H,32,34)(H,33,35)/t24-,25-/m1/s1. The molecule has 0 unspecified atom stereocenters. The number of hydrogen-bond acceptors (Lipinski definition) is 7. The van der Waals surface area contributed by atoms with E-state index in [-0.39, 0.29) is 24.6 Å². The molecule has 2 amide bonds. The van der Waals surface area contributed by atoms with Crippen molar-refractivity contribution in [2.75, 3.05) is 0 Å². The van der Waals surface area contributed by atoms with Gasteiger partial charge in [0.05, 0.1) is 15.9 Å². The maximum Gasteiger partial charge on any atom is 0.407 e. The first kappa shape index (κ1) is 27.5. The van der Waals surface area contributed by atoms with Gasteiger partial charge in [-0.25, -0.2) is 4.79 Å². The number of rotatable bonds is 14. The van der Waals surface area contributed by atoms with Crippen LogP contribution in [0.5, 0.6) is 0 Å². The summed E-state index contributed by atoms with van der Waals surface area (Å²) in [5.74, 6) is 0.0240. The Hall–Kier alpha value is -3.56. The van der Waals surface area contributed by atoms with Crippen LogP contribution in [0.2, 0.25) is 0 Å². The normalized spacial score (nSPS) is 12.4. The van der Waals surface area contributed by atoms with Crippen LogP contribution in [-0.4, -0.2) is 34.1 Å². The molecule has 2 N–H and O–H groups in total. The zero-order valence-corrected chi connectivity index (χ0v) is 22.8. The molecule has 0 bridgehead atoms. The molecule has 0 aliphatic carbocycles.